The van der Waals surface area contributed by atoms with Gasteiger partial charge in [0.15, 0.2) is 0 Å². The van der Waals surface area contributed by atoms with E-state index in [0.717, 1.165) is 48.5 Å². The van der Waals surface area contributed by atoms with Gasteiger partial charge < -0.3 is 19.8 Å². The van der Waals surface area contributed by atoms with Crippen molar-refractivity contribution in [1.82, 2.24) is 0 Å². The summed E-state index contributed by atoms with van der Waals surface area (Å²) in [4.78, 5) is 39.5. The van der Waals surface area contributed by atoms with Gasteiger partial charge in [0.05, 0.1) is 21.8 Å². The van der Waals surface area contributed by atoms with Crippen LogP contribution in [-0.4, -0.2) is 21.8 Å². The van der Waals surface area contributed by atoms with Crippen LogP contribution in [0.5, 0.6) is 0 Å². The van der Waals surface area contributed by atoms with Gasteiger partial charge in [-0.25, -0.2) is 0 Å². The van der Waals surface area contributed by atoms with E-state index >= 15 is 0 Å². The average Bonchev–Trinajstić information content (AvgIpc) is 2.55. The predicted octanol–water partition coefficient (Wildman–Crippen LogP) is -0.0859. The Hall–Kier alpha value is -3.20. The third-order valence-electron chi connectivity index (χ3n) is 2.63. The van der Waals surface area contributed by atoms with Gasteiger partial charge >= 0.3 is 19.5 Å². The monoisotopic (exact) mass is 396 g/mol. The zero-order valence-corrected chi connectivity index (χ0v) is 15.5. The molecule has 0 unspecified atom stereocenters. The zero-order chi connectivity index (χ0) is 18.3. The first-order valence-corrected chi connectivity index (χ1v) is 6.14. The molecule has 2 aromatic carbocycles. The molecule has 0 N–H and O–H groups in total. The van der Waals surface area contributed by atoms with Gasteiger partial charge in [-0.1, -0.05) is 0 Å². The Morgan fingerprint density at radius 1 is 0.640 bits per heavy atom. The van der Waals surface area contributed by atoms with Crippen molar-refractivity contribution in [3.63, 3.8) is 0 Å². The Morgan fingerprint density at radius 2 is 0.880 bits per heavy atom. The first kappa shape index (κ1) is 21.8. The van der Waals surface area contributed by atoms with Crippen molar-refractivity contribution in [1.29, 1.82) is 0 Å². The fourth-order valence-electron chi connectivity index (χ4n) is 1.44. The van der Waals surface area contributed by atoms with Crippen LogP contribution < -0.4 is 10.2 Å². The van der Waals surface area contributed by atoms with Gasteiger partial charge in [-0.3, -0.25) is 20.2 Å². The van der Waals surface area contributed by atoms with Crippen molar-refractivity contribution in [2.24, 2.45) is 0 Å². The average molecular weight is 398 g/mol. The maximum atomic E-state index is 10.2. The molecule has 0 saturated carbocycles. The summed E-state index contributed by atoms with van der Waals surface area (Å²) < 4.78 is 0. The van der Waals surface area contributed by atoms with Gasteiger partial charge in [-0.2, -0.15) is 0 Å². The van der Waals surface area contributed by atoms with E-state index in [0.29, 0.717) is 0 Å². The Balaban J connectivity index is 0.000000443. The van der Waals surface area contributed by atoms with Crippen LogP contribution in [0.2, 0.25) is 0 Å². The molecule has 0 saturated heterocycles. The maximum Gasteiger partial charge on any atom is 2.00 e. The van der Waals surface area contributed by atoms with E-state index in [1.807, 2.05) is 0 Å². The van der Waals surface area contributed by atoms with Crippen LogP contribution in [0.4, 0.5) is 11.4 Å². The fraction of sp³-hybridized carbons (Fsp3) is 0. The van der Waals surface area contributed by atoms with Crippen LogP contribution in [0.25, 0.3) is 0 Å². The number of nitrogens with zero attached hydrogens (tertiary/aromatic N) is 2. The minimum atomic E-state index is -1.34. The summed E-state index contributed by atoms with van der Waals surface area (Å²) in [6.45, 7) is 0. The van der Waals surface area contributed by atoms with Crippen LogP contribution in [0.3, 0.4) is 0 Å². The molecule has 0 radical (unpaired) electrons. The van der Waals surface area contributed by atoms with Crippen LogP contribution in [-0.2, 0) is 19.5 Å². The van der Waals surface area contributed by atoms with Gasteiger partial charge in [-0.15, -0.1) is 0 Å². The van der Waals surface area contributed by atoms with Gasteiger partial charge in [0.25, 0.3) is 11.4 Å². The standard InChI is InChI=1S/2C7H5NO4.Zn/c2*9-7(10)5-1-3-6(4-2-5)8(11)12;/h2*1-4H,(H,9,10);/q;;+2/p-2. The number of non-ortho nitro benzene ring substituents is 2. The van der Waals surface area contributed by atoms with Gasteiger partial charge in [-0.05, 0) is 35.4 Å². The van der Waals surface area contributed by atoms with E-state index in [2.05, 4.69) is 0 Å². The summed E-state index contributed by atoms with van der Waals surface area (Å²) in [5.41, 5.74) is -0.416. The SMILES string of the molecule is O=C([O-])c1ccc([N+](=O)[O-])cc1.O=C([O-])c1ccc([N+](=O)[O-])cc1.[Zn+2]. The number of nitro benzene ring substituents is 2. The largest absolute Gasteiger partial charge is 2.00 e. The summed E-state index contributed by atoms with van der Waals surface area (Å²) in [6, 6.07) is 8.99. The van der Waals surface area contributed by atoms with Crippen LogP contribution >= 0.6 is 0 Å². The van der Waals surface area contributed by atoms with E-state index in [1.54, 1.807) is 0 Å². The van der Waals surface area contributed by atoms with Crippen molar-refractivity contribution in [2.45, 2.75) is 0 Å². The third-order valence-corrected chi connectivity index (χ3v) is 2.63. The molecule has 0 aromatic heterocycles. The third kappa shape index (κ3) is 6.84. The Kier molecular flexibility index (Phi) is 8.58. The second-order valence-electron chi connectivity index (χ2n) is 4.18. The summed E-state index contributed by atoms with van der Waals surface area (Å²) in [5.74, 6) is -2.69. The topological polar surface area (TPSA) is 167 Å². The number of benzene rings is 2. The summed E-state index contributed by atoms with van der Waals surface area (Å²) >= 11 is 0. The number of carbonyl (C=O) groups excluding carboxylic acids is 2. The number of carboxylic acid groups (broad SMARTS) is 2. The molecule has 0 atom stereocenters. The summed E-state index contributed by atoms with van der Waals surface area (Å²) in [6.07, 6.45) is 0. The first-order valence-electron chi connectivity index (χ1n) is 6.14. The Morgan fingerprint density at radius 3 is 1.04 bits per heavy atom. The molecular formula is C14H8N2O8Zn. The molecule has 11 heteroatoms. The first-order chi connectivity index (χ1) is 11.2. The molecule has 2 rings (SSSR count). The molecule has 10 nitrogen and oxygen atoms in total. The van der Waals surface area contributed by atoms with Crippen LogP contribution in [0.1, 0.15) is 20.7 Å². The predicted molar refractivity (Wildman–Crippen MR) is 74.9 cm³/mol. The van der Waals surface area contributed by atoms with E-state index in [1.165, 1.54) is 0 Å². The van der Waals surface area contributed by atoms with Crippen molar-refractivity contribution in [3.8, 4) is 0 Å². The number of rotatable bonds is 4. The molecule has 0 aliphatic carbocycles. The van der Waals surface area contributed by atoms with Gasteiger partial charge in [0, 0.05) is 24.3 Å². The number of hydrogen-bond acceptors (Lipinski definition) is 8. The molecule has 25 heavy (non-hydrogen) atoms. The van der Waals surface area contributed by atoms with Gasteiger partial charge in [0.2, 0.25) is 0 Å². The van der Waals surface area contributed by atoms with E-state index in [9.17, 15) is 40.0 Å². The van der Waals surface area contributed by atoms with Crippen LogP contribution in [0.15, 0.2) is 48.5 Å². The number of carbonyl (C=O) groups is 2. The molecule has 2 aromatic rings. The molecule has 0 spiro atoms. The van der Waals surface area contributed by atoms with Crippen molar-refractivity contribution < 1.29 is 49.1 Å². The van der Waals surface area contributed by atoms with Crippen molar-refractivity contribution in [3.05, 3.63) is 79.9 Å². The number of aromatic carboxylic acids is 2. The molecule has 0 aliphatic rings. The molecule has 0 fully saturated rings. The number of nitro groups is 2. The van der Waals surface area contributed by atoms with Crippen molar-refractivity contribution in [2.75, 3.05) is 0 Å². The second kappa shape index (κ2) is 9.83. The van der Waals surface area contributed by atoms with E-state index < -0.39 is 21.8 Å². The Labute approximate surface area is 152 Å². The molecule has 124 valence electrons. The molecule has 0 aliphatic heterocycles. The van der Waals surface area contributed by atoms with Gasteiger partial charge in [0.1, 0.15) is 0 Å². The number of hydrogen-bond donors (Lipinski definition) is 0. The van der Waals surface area contributed by atoms with E-state index in [-0.39, 0.29) is 42.0 Å². The quantitative estimate of drug-likeness (QED) is 0.392. The fourth-order valence-corrected chi connectivity index (χ4v) is 1.44. The van der Waals surface area contributed by atoms with Crippen LogP contribution in [0, 0.1) is 20.2 Å². The molecule has 0 heterocycles. The zero-order valence-electron chi connectivity index (χ0n) is 12.5. The molecule has 0 bridgehead atoms. The summed E-state index contributed by atoms with van der Waals surface area (Å²) in [7, 11) is 0. The smallest absolute Gasteiger partial charge is 0.545 e. The summed E-state index contributed by atoms with van der Waals surface area (Å²) in [5, 5.41) is 40.7. The second-order valence-corrected chi connectivity index (χ2v) is 4.18. The van der Waals surface area contributed by atoms with E-state index in [4.69, 9.17) is 0 Å². The molecular weight excluding hydrogens is 390 g/mol. The minimum Gasteiger partial charge on any atom is -0.545 e. The Bertz CT molecular complexity index is 641. The van der Waals surface area contributed by atoms with Crippen molar-refractivity contribution >= 4 is 23.3 Å². The maximum absolute atomic E-state index is 10.2. The minimum absolute atomic E-state index is 0. The number of carboxylic acids is 2. The molecule has 0 amide bonds. The normalized spacial score (nSPS) is 8.96.